The number of carbonyl (C=O) groups excluding carboxylic acids is 1. The largest absolute Gasteiger partial charge is 0.573 e. The van der Waals surface area contributed by atoms with Crippen LogP contribution in [-0.4, -0.2) is 24.4 Å². The summed E-state index contributed by atoms with van der Waals surface area (Å²) in [5.41, 5.74) is 13.3. The minimum atomic E-state index is -4.74. The maximum absolute atomic E-state index is 12.1. The standard InChI is InChI=1S/C19H17F3N4O2/c20-19(21,22)28-14-7-5-13(6-8-14)25-10-26-17(23)12-3-1-11(2-4-12)15-9-16(15)18(24)27/h1-8,10,15-16H,9H2,(H2,24,27)(H2,23,25,26). The van der Waals surface area contributed by atoms with Gasteiger partial charge in [-0.2, -0.15) is 0 Å². The normalized spacial score (nSPS) is 19.6. The molecule has 2 aromatic carbocycles. The Morgan fingerprint density at radius 1 is 1.07 bits per heavy atom. The summed E-state index contributed by atoms with van der Waals surface area (Å²) in [6.45, 7) is 0. The summed E-state index contributed by atoms with van der Waals surface area (Å²) in [7, 11) is 0. The number of rotatable bonds is 6. The van der Waals surface area contributed by atoms with Gasteiger partial charge >= 0.3 is 6.36 Å². The van der Waals surface area contributed by atoms with Gasteiger partial charge in [0, 0.05) is 11.5 Å². The van der Waals surface area contributed by atoms with Gasteiger partial charge in [-0.1, -0.05) is 24.3 Å². The molecule has 0 saturated heterocycles. The minimum Gasteiger partial charge on any atom is -0.406 e. The van der Waals surface area contributed by atoms with Crippen molar-refractivity contribution < 1.29 is 22.7 Å². The van der Waals surface area contributed by atoms with E-state index in [-0.39, 0.29) is 29.3 Å². The fourth-order valence-electron chi connectivity index (χ4n) is 2.75. The van der Waals surface area contributed by atoms with Crippen LogP contribution in [0.1, 0.15) is 23.5 Å². The van der Waals surface area contributed by atoms with Crippen molar-refractivity contribution in [1.29, 1.82) is 0 Å². The lowest BCUT2D eigenvalue weighted by molar-refractivity contribution is -0.274. The number of carbonyl (C=O) groups is 1. The van der Waals surface area contributed by atoms with E-state index in [9.17, 15) is 18.0 Å². The minimum absolute atomic E-state index is 0.100. The van der Waals surface area contributed by atoms with Crippen LogP contribution < -0.4 is 16.2 Å². The lowest BCUT2D eigenvalue weighted by Gasteiger charge is -2.08. The third-order valence-electron chi connectivity index (χ3n) is 4.26. The lowest BCUT2D eigenvalue weighted by atomic mass is 10.1. The second kappa shape index (κ2) is 7.71. The fraction of sp³-hybridized carbons (Fsp3) is 0.211. The maximum Gasteiger partial charge on any atom is 0.573 e. The SMILES string of the molecule is NC(=O)C1CC1c1ccc(C(N)=NC=Nc2ccc(OC(F)(F)F)cc2)cc1. The van der Waals surface area contributed by atoms with Crippen LogP contribution in [0.25, 0.3) is 0 Å². The molecular weight excluding hydrogens is 373 g/mol. The first kappa shape index (κ1) is 19.4. The van der Waals surface area contributed by atoms with Gasteiger partial charge in [-0.15, -0.1) is 13.2 Å². The molecule has 1 aliphatic carbocycles. The Morgan fingerprint density at radius 2 is 1.71 bits per heavy atom. The average Bonchev–Trinajstić information content (AvgIpc) is 3.43. The van der Waals surface area contributed by atoms with Crippen LogP contribution in [0.15, 0.2) is 58.5 Å². The van der Waals surface area contributed by atoms with Crippen LogP contribution in [0.3, 0.4) is 0 Å². The number of hydrogen-bond acceptors (Lipinski definition) is 3. The van der Waals surface area contributed by atoms with Crippen LogP contribution in [0.5, 0.6) is 5.75 Å². The second-order valence-corrected chi connectivity index (χ2v) is 6.27. The van der Waals surface area contributed by atoms with Crippen molar-refractivity contribution in [1.82, 2.24) is 0 Å². The zero-order valence-electron chi connectivity index (χ0n) is 14.6. The first-order valence-electron chi connectivity index (χ1n) is 8.34. The molecule has 1 aliphatic rings. The number of amidine groups is 1. The van der Waals surface area contributed by atoms with Crippen LogP contribution in [0.4, 0.5) is 18.9 Å². The smallest absolute Gasteiger partial charge is 0.406 e. The fourth-order valence-corrected chi connectivity index (χ4v) is 2.75. The van der Waals surface area contributed by atoms with E-state index in [0.29, 0.717) is 11.3 Å². The van der Waals surface area contributed by atoms with Crippen molar-refractivity contribution in [3.63, 3.8) is 0 Å². The number of benzene rings is 2. The predicted octanol–water partition coefficient (Wildman–Crippen LogP) is 3.24. The zero-order valence-corrected chi connectivity index (χ0v) is 14.6. The van der Waals surface area contributed by atoms with Crippen molar-refractivity contribution in [2.45, 2.75) is 18.7 Å². The summed E-state index contributed by atoms with van der Waals surface area (Å²) in [5, 5.41) is 0. The van der Waals surface area contributed by atoms with Crippen LogP contribution >= 0.6 is 0 Å². The van der Waals surface area contributed by atoms with Crippen molar-refractivity contribution >= 4 is 23.8 Å². The predicted molar refractivity (Wildman–Crippen MR) is 98.5 cm³/mol. The molecule has 0 spiro atoms. The molecule has 1 amide bonds. The molecule has 146 valence electrons. The highest BCUT2D eigenvalue weighted by atomic mass is 19.4. The Morgan fingerprint density at radius 3 is 2.25 bits per heavy atom. The van der Waals surface area contributed by atoms with Gasteiger partial charge in [0.05, 0.1) is 5.69 Å². The third-order valence-corrected chi connectivity index (χ3v) is 4.26. The number of amides is 1. The van der Waals surface area contributed by atoms with E-state index in [2.05, 4.69) is 14.7 Å². The number of hydrogen-bond donors (Lipinski definition) is 2. The van der Waals surface area contributed by atoms with Crippen molar-refractivity contribution in [2.75, 3.05) is 0 Å². The number of aliphatic imine (C=N–C) groups is 2. The Hall–Kier alpha value is -3.36. The van der Waals surface area contributed by atoms with E-state index in [1.54, 1.807) is 12.1 Å². The molecule has 0 aromatic heterocycles. The summed E-state index contributed by atoms with van der Waals surface area (Å²) in [4.78, 5) is 19.2. The molecular formula is C19H17F3N4O2. The van der Waals surface area contributed by atoms with Gasteiger partial charge in [0.2, 0.25) is 5.91 Å². The van der Waals surface area contributed by atoms with Crippen LogP contribution in [0.2, 0.25) is 0 Å². The number of halogens is 3. The summed E-state index contributed by atoms with van der Waals surface area (Å²) >= 11 is 0. The first-order chi connectivity index (χ1) is 13.2. The molecule has 0 heterocycles. The second-order valence-electron chi connectivity index (χ2n) is 6.27. The molecule has 3 rings (SSSR count). The molecule has 0 radical (unpaired) electrons. The quantitative estimate of drug-likeness (QED) is 0.585. The number of ether oxygens (including phenoxy) is 1. The number of nitrogens with two attached hydrogens (primary N) is 2. The van der Waals surface area contributed by atoms with E-state index in [1.165, 1.54) is 18.5 Å². The van der Waals surface area contributed by atoms with Crippen LogP contribution in [-0.2, 0) is 4.79 Å². The summed E-state index contributed by atoms with van der Waals surface area (Å²) < 4.78 is 40.1. The van der Waals surface area contributed by atoms with Crippen molar-refractivity contribution in [2.24, 2.45) is 27.4 Å². The molecule has 2 aromatic rings. The molecule has 28 heavy (non-hydrogen) atoms. The van der Waals surface area contributed by atoms with E-state index < -0.39 is 6.36 Å². The maximum atomic E-state index is 12.1. The average molecular weight is 390 g/mol. The molecule has 9 heteroatoms. The Bertz CT molecular complexity index is 906. The summed E-state index contributed by atoms with van der Waals surface area (Å²) in [5.74, 6) is -0.324. The van der Waals surface area contributed by atoms with Gasteiger partial charge < -0.3 is 16.2 Å². The van der Waals surface area contributed by atoms with Gasteiger partial charge in [-0.25, -0.2) is 9.98 Å². The van der Waals surface area contributed by atoms with Gasteiger partial charge in [-0.3, -0.25) is 4.79 Å². The van der Waals surface area contributed by atoms with E-state index in [0.717, 1.165) is 24.1 Å². The number of nitrogens with zero attached hydrogens (tertiary/aromatic N) is 2. The lowest BCUT2D eigenvalue weighted by Crippen LogP contribution is -2.16. The van der Waals surface area contributed by atoms with Crippen molar-refractivity contribution in [3.8, 4) is 5.75 Å². The zero-order chi connectivity index (χ0) is 20.3. The third kappa shape index (κ3) is 5.09. The summed E-state index contributed by atoms with van der Waals surface area (Å²) in [6.07, 6.45) is -2.76. The monoisotopic (exact) mass is 390 g/mol. The van der Waals surface area contributed by atoms with E-state index >= 15 is 0 Å². The molecule has 6 nitrogen and oxygen atoms in total. The molecule has 0 aliphatic heterocycles. The Balaban J connectivity index is 1.60. The molecule has 1 fully saturated rings. The van der Waals surface area contributed by atoms with Gasteiger partial charge in [0.25, 0.3) is 0 Å². The Labute approximate surface area is 158 Å². The molecule has 0 bridgehead atoms. The highest BCUT2D eigenvalue weighted by molar-refractivity contribution is 6.01. The molecule has 2 atom stereocenters. The van der Waals surface area contributed by atoms with Gasteiger partial charge in [0.1, 0.15) is 17.9 Å². The highest BCUT2D eigenvalue weighted by Gasteiger charge is 2.42. The summed E-state index contributed by atoms with van der Waals surface area (Å²) in [6, 6.07) is 12.4. The first-order valence-corrected chi connectivity index (χ1v) is 8.34. The molecule has 4 N–H and O–H groups in total. The van der Waals surface area contributed by atoms with Gasteiger partial charge in [-0.05, 0) is 42.2 Å². The van der Waals surface area contributed by atoms with Crippen molar-refractivity contribution in [3.05, 3.63) is 59.7 Å². The van der Waals surface area contributed by atoms with Gasteiger partial charge in [0.15, 0.2) is 0 Å². The number of alkyl halides is 3. The van der Waals surface area contributed by atoms with Crippen LogP contribution in [0, 0.1) is 5.92 Å². The molecule has 2 unspecified atom stereocenters. The Kier molecular flexibility index (Phi) is 5.34. The van der Waals surface area contributed by atoms with E-state index in [4.69, 9.17) is 11.5 Å². The topological polar surface area (TPSA) is 103 Å². The van der Waals surface area contributed by atoms with E-state index in [1.807, 2.05) is 12.1 Å². The number of primary amides is 1. The molecule has 1 saturated carbocycles. The highest BCUT2D eigenvalue weighted by Crippen LogP contribution is 2.47.